The van der Waals surface area contributed by atoms with Gasteiger partial charge in [0.2, 0.25) is 0 Å². The number of allylic oxidation sites excluding steroid dienone is 2. The van der Waals surface area contributed by atoms with Crippen LogP contribution >= 0.6 is 0 Å². The third-order valence-electron chi connectivity index (χ3n) is 5.14. The number of hydrogen-bond acceptors (Lipinski definition) is 2. The Balaban J connectivity index is 1.91. The first-order chi connectivity index (χ1) is 8.80. The summed E-state index contributed by atoms with van der Waals surface area (Å²) in [7, 11) is 0. The topological polar surface area (TPSA) is 21.3 Å². The van der Waals surface area contributed by atoms with Crippen LogP contribution in [0.15, 0.2) is 42.0 Å². The van der Waals surface area contributed by atoms with Crippen molar-refractivity contribution in [1.82, 2.24) is 5.32 Å². The van der Waals surface area contributed by atoms with Gasteiger partial charge in [0.1, 0.15) is 11.9 Å². The molecule has 18 heavy (non-hydrogen) atoms. The van der Waals surface area contributed by atoms with Crippen LogP contribution in [-0.2, 0) is 5.41 Å². The Morgan fingerprint density at radius 2 is 2.33 bits per heavy atom. The van der Waals surface area contributed by atoms with Gasteiger partial charge in [-0.1, -0.05) is 24.3 Å². The Kier molecular flexibility index (Phi) is 1.42. The summed E-state index contributed by atoms with van der Waals surface area (Å²) < 4.78 is 6.19. The Morgan fingerprint density at radius 1 is 1.39 bits per heavy atom. The zero-order valence-electron chi connectivity index (χ0n) is 10.3. The van der Waals surface area contributed by atoms with E-state index in [1.807, 2.05) is 0 Å². The largest absolute Gasteiger partial charge is 0.485 e. The van der Waals surface area contributed by atoms with Gasteiger partial charge in [-0.05, 0) is 36.6 Å². The van der Waals surface area contributed by atoms with Crippen molar-refractivity contribution in [2.45, 2.75) is 36.9 Å². The van der Waals surface area contributed by atoms with Crippen molar-refractivity contribution in [3.05, 3.63) is 53.1 Å². The van der Waals surface area contributed by atoms with Gasteiger partial charge < -0.3 is 10.1 Å². The van der Waals surface area contributed by atoms with E-state index in [2.05, 4.69) is 48.7 Å². The first-order valence-electron chi connectivity index (χ1n) is 6.76. The molecule has 5 rings (SSSR count). The van der Waals surface area contributed by atoms with E-state index in [-0.39, 0.29) is 11.5 Å². The number of hydrogen-bond donors (Lipinski definition) is 1. The van der Waals surface area contributed by atoms with Crippen molar-refractivity contribution in [2.75, 3.05) is 0 Å². The molecule has 4 aliphatic rings. The molecule has 2 heterocycles. The zero-order chi connectivity index (χ0) is 11.9. The molecule has 2 aliphatic heterocycles. The summed E-state index contributed by atoms with van der Waals surface area (Å²) in [5.74, 6) is 1.10. The van der Waals surface area contributed by atoms with Crippen molar-refractivity contribution < 1.29 is 4.74 Å². The lowest BCUT2D eigenvalue weighted by Gasteiger charge is -2.42. The quantitative estimate of drug-likeness (QED) is 0.749. The predicted octanol–water partition coefficient (Wildman–Crippen LogP) is 2.62. The number of nitrogens with one attached hydrogen (secondary N) is 1. The molecule has 2 heteroatoms. The minimum absolute atomic E-state index is 0.135. The molecule has 0 aromatic heterocycles. The molecule has 4 atom stereocenters. The molecule has 2 bridgehead atoms. The number of fused-ring (bicyclic) bond motifs is 2. The minimum Gasteiger partial charge on any atom is -0.485 e. The highest BCUT2D eigenvalue weighted by Gasteiger charge is 2.61. The maximum Gasteiger partial charge on any atom is 0.131 e. The number of ether oxygens (including phenoxy) is 1. The Morgan fingerprint density at radius 3 is 3.28 bits per heavy atom. The molecule has 1 saturated heterocycles. The van der Waals surface area contributed by atoms with Crippen molar-refractivity contribution >= 4 is 0 Å². The summed E-state index contributed by atoms with van der Waals surface area (Å²) in [6.45, 7) is 2.28. The molecule has 1 aromatic rings. The molecule has 90 valence electrons. The Labute approximate surface area is 106 Å². The number of piperidine rings is 1. The fourth-order valence-electron chi connectivity index (χ4n) is 4.55. The van der Waals surface area contributed by atoms with E-state index >= 15 is 0 Å². The summed E-state index contributed by atoms with van der Waals surface area (Å²) in [5.41, 5.74) is 4.57. The molecule has 0 amide bonds. The maximum absolute atomic E-state index is 6.19. The fraction of sp³-hybridized carbons (Fsp3) is 0.375. The van der Waals surface area contributed by atoms with E-state index in [1.165, 1.54) is 16.7 Å². The minimum atomic E-state index is 0.135. The Hall–Kier alpha value is -1.54. The lowest BCUT2D eigenvalue weighted by molar-refractivity contribution is 0.174. The monoisotopic (exact) mass is 237 g/mol. The van der Waals surface area contributed by atoms with E-state index in [0.717, 1.165) is 12.2 Å². The molecule has 2 aliphatic carbocycles. The van der Waals surface area contributed by atoms with Gasteiger partial charge in [-0.25, -0.2) is 0 Å². The third-order valence-corrected chi connectivity index (χ3v) is 5.14. The van der Waals surface area contributed by atoms with Crippen LogP contribution in [0.3, 0.4) is 0 Å². The number of rotatable bonds is 0. The lowest BCUT2D eigenvalue weighted by atomic mass is 9.66. The molecule has 1 aromatic carbocycles. The molecule has 1 fully saturated rings. The lowest BCUT2D eigenvalue weighted by Crippen LogP contribution is -2.50. The van der Waals surface area contributed by atoms with Crippen molar-refractivity contribution in [2.24, 2.45) is 0 Å². The van der Waals surface area contributed by atoms with Gasteiger partial charge in [-0.15, -0.1) is 0 Å². The average molecular weight is 237 g/mol. The molecule has 1 N–H and O–H groups in total. The van der Waals surface area contributed by atoms with Gasteiger partial charge in [0, 0.05) is 17.6 Å². The van der Waals surface area contributed by atoms with Crippen LogP contribution in [0.2, 0.25) is 0 Å². The molecule has 0 radical (unpaired) electrons. The van der Waals surface area contributed by atoms with Gasteiger partial charge in [0.15, 0.2) is 0 Å². The molecule has 2 nitrogen and oxygen atoms in total. The molecule has 1 spiro atoms. The second-order valence-electron chi connectivity index (χ2n) is 5.88. The highest BCUT2D eigenvalue weighted by atomic mass is 16.5. The first kappa shape index (κ1) is 9.40. The van der Waals surface area contributed by atoms with E-state index < -0.39 is 0 Å². The summed E-state index contributed by atoms with van der Waals surface area (Å²) >= 11 is 0. The van der Waals surface area contributed by atoms with E-state index in [4.69, 9.17) is 4.74 Å². The van der Waals surface area contributed by atoms with E-state index in [1.54, 1.807) is 0 Å². The normalized spacial score (nSPS) is 41.4. The van der Waals surface area contributed by atoms with Gasteiger partial charge in [0.25, 0.3) is 0 Å². The van der Waals surface area contributed by atoms with Crippen molar-refractivity contribution in [3.8, 4) is 5.75 Å². The summed E-state index contributed by atoms with van der Waals surface area (Å²) in [6, 6.07) is 7.47. The average Bonchev–Trinajstić information content (AvgIpc) is 2.83. The van der Waals surface area contributed by atoms with Gasteiger partial charge in [-0.2, -0.15) is 0 Å². The summed E-state index contributed by atoms with van der Waals surface area (Å²) in [5, 5.41) is 3.75. The predicted molar refractivity (Wildman–Crippen MR) is 69.7 cm³/mol. The van der Waals surface area contributed by atoms with Crippen LogP contribution in [0.25, 0.3) is 0 Å². The van der Waals surface area contributed by atoms with Gasteiger partial charge in [-0.3, -0.25) is 0 Å². The summed E-state index contributed by atoms with van der Waals surface area (Å²) in [4.78, 5) is 0. The summed E-state index contributed by atoms with van der Waals surface area (Å²) in [6.07, 6.45) is 8.06. The van der Waals surface area contributed by atoms with E-state index in [0.29, 0.717) is 12.1 Å². The molecular formula is C16H15NO. The van der Waals surface area contributed by atoms with Gasteiger partial charge in [0.05, 0.1) is 5.41 Å². The highest BCUT2D eigenvalue weighted by molar-refractivity contribution is 5.64. The smallest absolute Gasteiger partial charge is 0.131 e. The van der Waals surface area contributed by atoms with E-state index in [9.17, 15) is 0 Å². The van der Waals surface area contributed by atoms with Crippen molar-refractivity contribution in [3.63, 3.8) is 0 Å². The van der Waals surface area contributed by atoms with Crippen LogP contribution in [0.1, 0.15) is 30.5 Å². The second-order valence-corrected chi connectivity index (χ2v) is 5.88. The zero-order valence-corrected chi connectivity index (χ0v) is 10.3. The fourth-order valence-corrected chi connectivity index (χ4v) is 4.55. The van der Waals surface area contributed by atoms with Crippen LogP contribution in [0, 0.1) is 0 Å². The third kappa shape index (κ3) is 0.793. The van der Waals surface area contributed by atoms with Crippen LogP contribution in [0.5, 0.6) is 5.75 Å². The second kappa shape index (κ2) is 2.72. The standard InChI is InChI=1S/C16H15NO/c1-9-11-5-3-7-14-16(11)8-12(17-9)10-4-2-6-13(18-14)15(10)16/h2-7,9,12,14,17H,8H2,1H3. The van der Waals surface area contributed by atoms with Crippen LogP contribution in [-0.4, -0.2) is 12.1 Å². The maximum atomic E-state index is 6.19. The first-order valence-corrected chi connectivity index (χ1v) is 6.76. The SMILES string of the molecule is CC1NC2CC34C1=CC=CC3Oc1cccc2c14. The number of benzene rings is 1. The van der Waals surface area contributed by atoms with Crippen LogP contribution < -0.4 is 10.1 Å². The van der Waals surface area contributed by atoms with Crippen molar-refractivity contribution in [1.29, 1.82) is 0 Å². The molecule has 0 saturated carbocycles. The molecule has 4 unspecified atom stereocenters. The Bertz CT molecular complexity index is 630. The van der Waals surface area contributed by atoms with Gasteiger partial charge >= 0.3 is 0 Å². The van der Waals surface area contributed by atoms with Crippen LogP contribution in [0.4, 0.5) is 0 Å². The molecular weight excluding hydrogens is 222 g/mol. The highest BCUT2D eigenvalue weighted by Crippen LogP contribution is 2.63.